The molecule has 1 aromatic heterocycles. The zero-order valence-corrected chi connectivity index (χ0v) is 10.2. The summed E-state index contributed by atoms with van der Waals surface area (Å²) in [6.07, 6.45) is 10.9. The minimum absolute atomic E-state index is 0.260. The number of rotatable bonds is 0. The molecular weight excluding hydrogens is 196 g/mol. The van der Waals surface area contributed by atoms with Crippen LogP contribution in [0, 0.1) is 18.3 Å². The molecule has 2 aliphatic rings. The van der Waals surface area contributed by atoms with Gasteiger partial charge in [-0.3, -0.25) is 0 Å². The summed E-state index contributed by atoms with van der Waals surface area (Å²) >= 11 is 0. The number of hydrogen-bond donors (Lipinski definition) is 0. The van der Waals surface area contributed by atoms with Crippen LogP contribution in [-0.4, -0.2) is 0 Å². The van der Waals surface area contributed by atoms with Crippen molar-refractivity contribution in [2.45, 2.75) is 33.6 Å². The second-order valence-corrected chi connectivity index (χ2v) is 5.53. The molecule has 0 bridgehead atoms. The highest BCUT2D eigenvalue weighted by Gasteiger charge is 2.40. The number of hydrogen-bond acceptors (Lipinski definition) is 1. The molecule has 0 aromatic carbocycles. The molecular formula is C15H18O. The van der Waals surface area contributed by atoms with Crippen LogP contribution in [0.25, 0.3) is 0 Å². The SMILES string of the molecule is CC1=CC=CC2(C)Cc3occ(C)c3C[C@H]12. The summed E-state index contributed by atoms with van der Waals surface area (Å²) in [5.41, 5.74) is 4.54. The van der Waals surface area contributed by atoms with Crippen LogP contribution in [0.1, 0.15) is 30.7 Å². The van der Waals surface area contributed by atoms with Crippen LogP contribution in [0.5, 0.6) is 0 Å². The summed E-state index contributed by atoms with van der Waals surface area (Å²) in [4.78, 5) is 0. The van der Waals surface area contributed by atoms with E-state index in [0.717, 1.165) is 12.8 Å². The van der Waals surface area contributed by atoms with E-state index in [-0.39, 0.29) is 5.41 Å². The molecule has 0 saturated heterocycles. The third-order valence-electron chi connectivity index (χ3n) is 4.32. The summed E-state index contributed by atoms with van der Waals surface area (Å²) < 4.78 is 5.68. The monoisotopic (exact) mass is 214 g/mol. The Kier molecular flexibility index (Phi) is 1.95. The molecule has 0 fully saturated rings. The van der Waals surface area contributed by atoms with Crippen molar-refractivity contribution in [3.05, 3.63) is 47.0 Å². The summed E-state index contributed by atoms with van der Waals surface area (Å²) in [6, 6.07) is 0. The van der Waals surface area contributed by atoms with Crippen LogP contribution in [0.2, 0.25) is 0 Å². The lowest BCUT2D eigenvalue weighted by Gasteiger charge is -2.41. The Bertz CT molecular complexity index is 490. The van der Waals surface area contributed by atoms with Gasteiger partial charge >= 0.3 is 0 Å². The molecule has 1 unspecified atom stereocenters. The van der Waals surface area contributed by atoms with E-state index in [2.05, 4.69) is 39.0 Å². The van der Waals surface area contributed by atoms with E-state index in [1.807, 2.05) is 6.26 Å². The van der Waals surface area contributed by atoms with E-state index in [4.69, 9.17) is 4.42 Å². The van der Waals surface area contributed by atoms with Gasteiger partial charge in [0.25, 0.3) is 0 Å². The molecule has 1 nitrogen and oxygen atoms in total. The maximum Gasteiger partial charge on any atom is 0.108 e. The lowest BCUT2D eigenvalue weighted by molar-refractivity contribution is 0.244. The standard InChI is InChI=1S/C15H18O/c1-10-5-4-6-15(3)8-14-12(7-13(10)15)11(2)9-16-14/h4-6,9,13H,7-8H2,1-3H3/t13-,15?/m1/s1. The molecule has 1 aromatic rings. The Morgan fingerprint density at radius 2 is 2.19 bits per heavy atom. The number of allylic oxidation sites excluding steroid dienone is 4. The smallest absolute Gasteiger partial charge is 0.108 e. The fraction of sp³-hybridized carbons (Fsp3) is 0.467. The van der Waals surface area contributed by atoms with Crippen molar-refractivity contribution in [3.63, 3.8) is 0 Å². The van der Waals surface area contributed by atoms with Gasteiger partial charge in [0, 0.05) is 6.42 Å². The normalized spacial score (nSPS) is 31.9. The molecule has 3 rings (SSSR count). The zero-order chi connectivity index (χ0) is 11.3. The number of fused-ring (bicyclic) bond motifs is 2. The molecule has 0 amide bonds. The van der Waals surface area contributed by atoms with Crippen LogP contribution in [0.3, 0.4) is 0 Å². The summed E-state index contributed by atoms with van der Waals surface area (Å²) in [5.74, 6) is 1.86. The predicted molar refractivity (Wildman–Crippen MR) is 65.3 cm³/mol. The minimum atomic E-state index is 0.260. The maximum absolute atomic E-state index is 5.68. The summed E-state index contributed by atoms with van der Waals surface area (Å²) in [7, 11) is 0. The fourth-order valence-corrected chi connectivity index (χ4v) is 3.24. The van der Waals surface area contributed by atoms with E-state index in [1.165, 1.54) is 22.5 Å². The number of aryl methyl sites for hydroxylation is 1. The average Bonchev–Trinajstić information content (AvgIpc) is 2.57. The van der Waals surface area contributed by atoms with Gasteiger partial charge in [-0.15, -0.1) is 0 Å². The molecule has 0 saturated carbocycles. The van der Waals surface area contributed by atoms with Crippen LogP contribution < -0.4 is 0 Å². The van der Waals surface area contributed by atoms with Crippen molar-refractivity contribution in [1.82, 2.24) is 0 Å². The van der Waals surface area contributed by atoms with Crippen molar-refractivity contribution >= 4 is 0 Å². The molecule has 2 aliphatic carbocycles. The Balaban J connectivity index is 2.09. The van der Waals surface area contributed by atoms with E-state index < -0.39 is 0 Å². The molecule has 84 valence electrons. The van der Waals surface area contributed by atoms with Crippen molar-refractivity contribution < 1.29 is 4.42 Å². The third-order valence-corrected chi connectivity index (χ3v) is 4.32. The van der Waals surface area contributed by atoms with Gasteiger partial charge < -0.3 is 4.42 Å². The molecule has 0 radical (unpaired) electrons. The topological polar surface area (TPSA) is 13.1 Å². The van der Waals surface area contributed by atoms with Crippen LogP contribution in [-0.2, 0) is 12.8 Å². The largest absolute Gasteiger partial charge is 0.469 e. The first-order chi connectivity index (χ1) is 7.60. The highest BCUT2D eigenvalue weighted by molar-refractivity contribution is 5.38. The lowest BCUT2D eigenvalue weighted by atomic mass is 9.63. The van der Waals surface area contributed by atoms with Crippen LogP contribution >= 0.6 is 0 Å². The van der Waals surface area contributed by atoms with Crippen LogP contribution in [0.4, 0.5) is 0 Å². The molecule has 2 atom stereocenters. The summed E-state index contributed by atoms with van der Waals surface area (Å²) in [5, 5.41) is 0. The average molecular weight is 214 g/mol. The van der Waals surface area contributed by atoms with Gasteiger partial charge in [0.1, 0.15) is 5.76 Å². The number of furan rings is 1. The lowest BCUT2D eigenvalue weighted by Crippen LogP contribution is -2.35. The van der Waals surface area contributed by atoms with Gasteiger partial charge in [-0.25, -0.2) is 0 Å². The van der Waals surface area contributed by atoms with E-state index >= 15 is 0 Å². The first-order valence-corrected chi connectivity index (χ1v) is 6.02. The summed E-state index contributed by atoms with van der Waals surface area (Å²) in [6.45, 7) is 6.76. The van der Waals surface area contributed by atoms with E-state index in [0.29, 0.717) is 5.92 Å². The van der Waals surface area contributed by atoms with Gasteiger partial charge in [-0.2, -0.15) is 0 Å². The molecule has 1 heterocycles. The van der Waals surface area contributed by atoms with Crippen molar-refractivity contribution in [2.24, 2.45) is 11.3 Å². The van der Waals surface area contributed by atoms with E-state index in [9.17, 15) is 0 Å². The molecule has 0 N–H and O–H groups in total. The van der Waals surface area contributed by atoms with Gasteiger partial charge in [0.15, 0.2) is 0 Å². The fourth-order valence-electron chi connectivity index (χ4n) is 3.24. The van der Waals surface area contributed by atoms with Gasteiger partial charge in [-0.05, 0) is 42.7 Å². The quantitative estimate of drug-likeness (QED) is 0.639. The molecule has 0 spiro atoms. The third kappa shape index (κ3) is 1.24. The Hall–Kier alpha value is -1.24. The predicted octanol–water partition coefficient (Wildman–Crippen LogP) is 3.83. The second kappa shape index (κ2) is 3.13. The molecule has 1 heteroatoms. The maximum atomic E-state index is 5.68. The zero-order valence-electron chi connectivity index (χ0n) is 10.2. The first kappa shape index (κ1) is 9.95. The Morgan fingerprint density at radius 1 is 1.38 bits per heavy atom. The minimum Gasteiger partial charge on any atom is -0.469 e. The highest BCUT2D eigenvalue weighted by Crippen LogP contribution is 2.47. The Labute approximate surface area is 96.8 Å². The van der Waals surface area contributed by atoms with Crippen molar-refractivity contribution in [1.29, 1.82) is 0 Å². The first-order valence-electron chi connectivity index (χ1n) is 6.02. The second-order valence-electron chi connectivity index (χ2n) is 5.53. The van der Waals surface area contributed by atoms with Gasteiger partial charge in [-0.1, -0.05) is 30.7 Å². The van der Waals surface area contributed by atoms with Crippen molar-refractivity contribution in [2.75, 3.05) is 0 Å². The van der Waals surface area contributed by atoms with E-state index in [1.54, 1.807) is 0 Å². The van der Waals surface area contributed by atoms with Crippen LogP contribution in [0.15, 0.2) is 34.5 Å². The molecule has 16 heavy (non-hydrogen) atoms. The van der Waals surface area contributed by atoms with Gasteiger partial charge in [0.2, 0.25) is 0 Å². The highest BCUT2D eigenvalue weighted by atomic mass is 16.3. The van der Waals surface area contributed by atoms with Crippen molar-refractivity contribution in [3.8, 4) is 0 Å². The molecule has 0 aliphatic heterocycles. The van der Waals surface area contributed by atoms with Gasteiger partial charge in [0.05, 0.1) is 6.26 Å². The Morgan fingerprint density at radius 3 is 3.00 bits per heavy atom.